The van der Waals surface area contributed by atoms with Gasteiger partial charge in [-0.05, 0) is 46.5 Å². The number of rotatable bonds is 8. The summed E-state index contributed by atoms with van der Waals surface area (Å²) in [6.07, 6.45) is 4.71. The van der Waals surface area contributed by atoms with E-state index in [0.717, 1.165) is 18.7 Å². The molecule has 1 heterocycles. The van der Waals surface area contributed by atoms with Crippen LogP contribution < -0.4 is 0 Å². The van der Waals surface area contributed by atoms with Gasteiger partial charge in [0.1, 0.15) is 0 Å². The highest BCUT2D eigenvalue weighted by molar-refractivity contribution is 5.00. The summed E-state index contributed by atoms with van der Waals surface area (Å²) in [6, 6.07) is 0.381. The minimum Gasteiger partial charge on any atom is -0.379 e. The molecule has 0 aliphatic carbocycles. The lowest BCUT2D eigenvalue weighted by Crippen LogP contribution is -2.12. The second-order valence-electron chi connectivity index (χ2n) is 6.18. The molecule has 1 aromatic heterocycles. The van der Waals surface area contributed by atoms with Crippen LogP contribution in [0.5, 0.6) is 0 Å². The predicted octanol–water partition coefficient (Wildman–Crippen LogP) is 3.80. The maximum Gasteiger partial charge on any atom is 0.0855 e. The van der Waals surface area contributed by atoms with Crippen LogP contribution in [0.1, 0.15) is 72.0 Å². The van der Waals surface area contributed by atoms with Gasteiger partial charge in [0.15, 0.2) is 0 Å². The lowest BCUT2D eigenvalue weighted by atomic mass is 9.96. The van der Waals surface area contributed by atoms with Crippen LogP contribution in [0.15, 0.2) is 6.20 Å². The zero-order chi connectivity index (χ0) is 14.4. The Bertz CT molecular complexity index is 360. The fourth-order valence-corrected chi connectivity index (χ4v) is 1.89. The summed E-state index contributed by atoms with van der Waals surface area (Å²) < 4.78 is 7.57. The van der Waals surface area contributed by atoms with E-state index in [0.29, 0.717) is 24.0 Å². The topological polar surface area (TPSA) is 39.9 Å². The molecule has 0 saturated heterocycles. The SMILES string of the molecule is CC(CCC(C)c1cn(C(C)C)nn1)COC(C)C. The molecule has 0 aromatic carbocycles. The van der Waals surface area contributed by atoms with E-state index in [2.05, 4.69) is 58.1 Å². The van der Waals surface area contributed by atoms with E-state index in [-0.39, 0.29) is 0 Å². The lowest BCUT2D eigenvalue weighted by molar-refractivity contribution is 0.0525. The third-order valence-corrected chi connectivity index (χ3v) is 3.37. The van der Waals surface area contributed by atoms with Crippen LogP contribution in [0, 0.1) is 5.92 Å². The van der Waals surface area contributed by atoms with E-state index < -0.39 is 0 Å². The van der Waals surface area contributed by atoms with E-state index in [4.69, 9.17) is 4.74 Å². The van der Waals surface area contributed by atoms with Gasteiger partial charge in [-0.25, -0.2) is 4.68 Å². The summed E-state index contributed by atoms with van der Waals surface area (Å²) >= 11 is 0. The van der Waals surface area contributed by atoms with Gasteiger partial charge in [0.25, 0.3) is 0 Å². The molecule has 1 aromatic rings. The standard InChI is InChI=1S/C15H29N3O/c1-11(2)18-9-15(16-17-18)14(6)8-7-13(5)10-19-12(3)4/h9,11-14H,7-8,10H2,1-6H3. The van der Waals surface area contributed by atoms with Crippen LogP contribution >= 0.6 is 0 Å². The first kappa shape index (κ1) is 16.2. The summed E-state index contributed by atoms with van der Waals surface area (Å²) in [5.74, 6) is 1.07. The number of hydrogen-bond donors (Lipinski definition) is 0. The number of ether oxygens (including phenoxy) is 1. The van der Waals surface area contributed by atoms with Crippen LogP contribution in [0.25, 0.3) is 0 Å². The molecule has 0 fully saturated rings. The maximum absolute atomic E-state index is 5.65. The Labute approximate surface area is 117 Å². The second kappa shape index (κ2) is 7.63. The normalized spacial score (nSPS) is 15.2. The lowest BCUT2D eigenvalue weighted by Gasteiger charge is -2.16. The van der Waals surface area contributed by atoms with Crippen LogP contribution in [0.4, 0.5) is 0 Å². The van der Waals surface area contributed by atoms with Crippen molar-refractivity contribution in [1.82, 2.24) is 15.0 Å². The number of hydrogen-bond acceptors (Lipinski definition) is 3. The molecule has 4 heteroatoms. The average molecular weight is 267 g/mol. The van der Waals surface area contributed by atoms with Crippen LogP contribution in [-0.4, -0.2) is 27.7 Å². The Kier molecular flexibility index (Phi) is 6.49. The fourth-order valence-electron chi connectivity index (χ4n) is 1.89. The molecule has 0 N–H and O–H groups in total. The molecule has 19 heavy (non-hydrogen) atoms. The highest BCUT2D eigenvalue weighted by Gasteiger charge is 2.13. The Balaban J connectivity index is 2.35. The van der Waals surface area contributed by atoms with Gasteiger partial charge in [-0.2, -0.15) is 0 Å². The molecule has 4 nitrogen and oxygen atoms in total. The summed E-state index contributed by atoms with van der Waals surface area (Å²) in [4.78, 5) is 0. The highest BCUT2D eigenvalue weighted by Crippen LogP contribution is 2.22. The monoisotopic (exact) mass is 267 g/mol. The first-order valence-corrected chi connectivity index (χ1v) is 7.43. The summed E-state index contributed by atoms with van der Waals surface area (Å²) in [5.41, 5.74) is 1.10. The van der Waals surface area contributed by atoms with Crippen LogP contribution in [0.3, 0.4) is 0 Å². The quantitative estimate of drug-likeness (QED) is 0.719. The molecule has 110 valence electrons. The van der Waals surface area contributed by atoms with Crippen molar-refractivity contribution in [2.24, 2.45) is 5.92 Å². The molecule has 1 rings (SSSR count). The summed E-state index contributed by atoms with van der Waals surface area (Å²) in [5, 5.41) is 8.44. The van der Waals surface area contributed by atoms with Crippen molar-refractivity contribution in [3.05, 3.63) is 11.9 Å². The molecule has 0 saturated carbocycles. The third-order valence-electron chi connectivity index (χ3n) is 3.37. The van der Waals surface area contributed by atoms with Gasteiger partial charge in [-0.1, -0.05) is 19.1 Å². The minimum absolute atomic E-state index is 0.325. The predicted molar refractivity (Wildman–Crippen MR) is 78.3 cm³/mol. The van der Waals surface area contributed by atoms with E-state index >= 15 is 0 Å². The smallest absolute Gasteiger partial charge is 0.0855 e. The molecule has 0 spiro atoms. The molecule has 0 amide bonds. The van der Waals surface area contributed by atoms with Crippen molar-refractivity contribution in [3.8, 4) is 0 Å². The van der Waals surface area contributed by atoms with E-state index in [1.807, 2.05) is 4.68 Å². The minimum atomic E-state index is 0.325. The summed E-state index contributed by atoms with van der Waals surface area (Å²) in [7, 11) is 0. The number of nitrogens with zero attached hydrogens (tertiary/aromatic N) is 3. The summed E-state index contributed by atoms with van der Waals surface area (Å²) in [6.45, 7) is 13.7. The Morgan fingerprint density at radius 2 is 1.79 bits per heavy atom. The fraction of sp³-hybridized carbons (Fsp3) is 0.867. The molecular formula is C15H29N3O. The maximum atomic E-state index is 5.65. The Hall–Kier alpha value is -0.900. The van der Waals surface area contributed by atoms with Gasteiger partial charge in [-0.3, -0.25) is 0 Å². The third kappa shape index (κ3) is 5.72. The highest BCUT2D eigenvalue weighted by atomic mass is 16.5. The van der Waals surface area contributed by atoms with Gasteiger partial charge in [0.05, 0.1) is 11.8 Å². The van der Waals surface area contributed by atoms with Crippen molar-refractivity contribution >= 4 is 0 Å². The molecule has 0 bridgehead atoms. The molecule has 2 atom stereocenters. The van der Waals surface area contributed by atoms with Gasteiger partial charge < -0.3 is 4.74 Å². The van der Waals surface area contributed by atoms with Crippen molar-refractivity contribution in [1.29, 1.82) is 0 Å². The van der Waals surface area contributed by atoms with Crippen LogP contribution in [-0.2, 0) is 4.74 Å². The zero-order valence-corrected chi connectivity index (χ0v) is 13.3. The van der Waals surface area contributed by atoms with Crippen LogP contribution in [0.2, 0.25) is 0 Å². The van der Waals surface area contributed by atoms with Gasteiger partial charge in [0.2, 0.25) is 0 Å². The molecular weight excluding hydrogens is 238 g/mol. The first-order chi connectivity index (χ1) is 8.90. The van der Waals surface area contributed by atoms with Crippen molar-refractivity contribution in [2.75, 3.05) is 6.61 Å². The van der Waals surface area contributed by atoms with Gasteiger partial charge >= 0.3 is 0 Å². The van der Waals surface area contributed by atoms with Gasteiger partial charge in [0, 0.05) is 24.8 Å². The van der Waals surface area contributed by atoms with Crippen molar-refractivity contribution in [3.63, 3.8) is 0 Å². The van der Waals surface area contributed by atoms with E-state index in [9.17, 15) is 0 Å². The van der Waals surface area contributed by atoms with Gasteiger partial charge in [-0.15, -0.1) is 5.10 Å². The molecule has 2 unspecified atom stereocenters. The second-order valence-corrected chi connectivity index (χ2v) is 6.18. The van der Waals surface area contributed by atoms with Crippen molar-refractivity contribution in [2.45, 2.75) is 72.4 Å². The first-order valence-electron chi connectivity index (χ1n) is 7.43. The average Bonchev–Trinajstić information content (AvgIpc) is 2.83. The Morgan fingerprint density at radius 1 is 1.11 bits per heavy atom. The Morgan fingerprint density at radius 3 is 2.32 bits per heavy atom. The number of aromatic nitrogens is 3. The molecule has 0 aliphatic rings. The van der Waals surface area contributed by atoms with E-state index in [1.165, 1.54) is 6.42 Å². The molecule has 0 radical (unpaired) electrons. The molecule has 0 aliphatic heterocycles. The zero-order valence-electron chi connectivity index (χ0n) is 13.3. The van der Waals surface area contributed by atoms with E-state index in [1.54, 1.807) is 0 Å². The largest absolute Gasteiger partial charge is 0.379 e. The van der Waals surface area contributed by atoms with Crippen molar-refractivity contribution < 1.29 is 4.74 Å².